The van der Waals surface area contributed by atoms with E-state index < -0.39 is 17.8 Å². The number of aliphatic imine (C=N–C) groups is 1. The Morgan fingerprint density at radius 3 is 2.41 bits per heavy atom. The molecule has 2 aromatic rings. The fraction of sp³-hybridized carbons (Fsp3) is 0.414. The van der Waals surface area contributed by atoms with Crippen molar-refractivity contribution < 1.29 is 19.1 Å². The Hall–Kier alpha value is -3.21. The SMILES string of the molecule is CCOc1ccc(C2C(C(=O)OCCc3ccccc3)=C(C)N=C3CC(C)(C)CC(=O)C32)cc1. The van der Waals surface area contributed by atoms with Gasteiger partial charge in [0, 0.05) is 30.2 Å². The van der Waals surface area contributed by atoms with E-state index >= 15 is 0 Å². The lowest BCUT2D eigenvalue weighted by atomic mass is 9.63. The van der Waals surface area contributed by atoms with E-state index in [0.717, 1.165) is 29.0 Å². The molecule has 1 heterocycles. The molecule has 5 heteroatoms. The maximum absolute atomic E-state index is 13.4. The zero-order valence-corrected chi connectivity index (χ0v) is 20.5. The van der Waals surface area contributed by atoms with Crippen molar-refractivity contribution >= 4 is 17.5 Å². The standard InChI is InChI=1S/C29H33NO4/c1-5-33-22-13-11-21(12-14-22)26-25(28(32)34-16-15-20-9-7-6-8-10-20)19(2)30-23-17-29(3,4)18-24(31)27(23)26/h6-14,26-27H,5,15-18H2,1-4H3. The van der Waals surface area contributed by atoms with E-state index in [0.29, 0.717) is 30.7 Å². The maximum Gasteiger partial charge on any atom is 0.336 e. The van der Waals surface area contributed by atoms with Gasteiger partial charge >= 0.3 is 5.97 Å². The lowest BCUT2D eigenvalue weighted by Gasteiger charge is -2.41. The Morgan fingerprint density at radius 1 is 1.03 bits per heavy atom. The molecule has 0 saturated heterocycles. The molecule has 0 amide bonds. The molecule has 178 valence electrons. The highest BCUT2D eigenvalue weighted by atomic mass is 16.5. The quantitative estimate of drug-likeness (QED) is 0.499. The lowest BCUT2D eigenvalue weighted by Crippen LogP contribution is -2.44. The first-order valence-corrected chi connectivity index (χ1v) is 12.0. The second kappa shape index (κ2) is 9.96. The number of allylic oxidation sites excluding steroid dienone is 1. The van der Waals surface area contributed by atoms with Crippen molar-refractivity contribution in [1.29, 1.82) is 0 Å². The third-order valence-electron chi connectivity index (χ3n) is 6.60. The molecule has 4 rings (SSSR count). The van der Waals surface area contributed by atoms with E-state index in [1.165, 1.54) is 0 Å². The minimum atomic E-state index is -0.439. The molecule has 5 nitrogen and oxygen atoms in total. The van der Waals surface area contributed by atoms with Gasteiger partial charge in [0.1, 0.15) is 11.5 Å². The summed E-state index contributed by atoms with van der Waals surface area (Å²) in [6, 6.07) is 17.6. The van der Waals surface area contributed by atoms with Crippen LogP contribution in [-0.2, 0) is 20.7 Å². The number of ether oxygens (including phenoxy) is 2. The molecular formula is C29H33NO4. The van der Waals surface area contributed by atoms with Crippen molar-refractivity contribution in [3.05, 3.63) is 77.0 Å². The number of hydrogen-bond acceptors (Lipinski definition) is 5. The van der Waals surface area contributed by atoms with E-state index in [1.54, 1.807) is 0 Å². The Bertz CT molecular complexity index is 1110. The molecule has 0 N–H and O–H groups in total. The first kappa shape index (κ1) is 23.9. The first-order valence-electron chi connectivity index (χ1n) is 12.0. The van der Waals surface area contributed by atoms with Crippen LogP contribution in [0.15, 0.2) is 70.9 Å². The third-order valence-corrected chi connectivity index (χ3v) is 6.60. The zero-order valence-electron chi connectivity index (χ0n) is 20.5. The summed E-state index contributed by atoms with van der Waals surface area (Å²) >= 11 is 0. The minimum Gasteiger partial charge on any atom is -0.494 e. The summed E-state index contributed by atoms with van der Waals surface area (Å²) in [4.78, 5) is 31.6. The van der Waals surface area contributed by atoms with Crippen LogP contribution in [0.2, 0.25) is 0 Å². The normalized spacial score (nSPS) is 21.5. The van der Waals surface area contributed by atoms with Gasteiger partial charge in [-0.05, 0) is 48.9 Å². The van der Waals surface area contributed by atoms with Gasteiger partial charge in [0.25, 0.3) is 0 Å². The molecule has 2 atom stereocenters. The lowest BCUT2D eigenvalue weighted by molar-refractivity contribution is -0.139. The van der Waals surface area contributed by atoms with E-state index in [1.807, 2.05) is 68.4 Å². The smallest absolute Gasteiger partial charge is 0.336 e. The van der Waals surface area contributed by atoms with Crippen LogP contribution in [0.3, 0.4) is 0 Å². The maximum atomic E-state index is 13.4. The van der Waals surface area contributed by atoms with Crippen molar-refractivity contribution in [2.75, 3.05) is 13.2 Å². The van der Waals surface area contributed by atoms with Gasteiger partial charge in [-0.25, -0.2) is 4.79 Å². The predicted molar refractivity (Wildman–Crippen MR) is 133 cm³/mol. The van der Waals surface area contributed by atoms with Crippen molar-refractivity contribution in [3.63, 3.8) is 0 Å². The van der Waals surface area contributed by atoms with Gasteiger partial charge in [-0.15, -0.1) is 0 Å². The molecule has 1 fully saturated rings. The summed E-state index contributed by atoms with van der Waals surface area (Å²) in [7, 11) is 0. The molecule has 2 aromatic carbocycles. The van der Waals surface area contributed by atoms with Crippen LogP contribution in [-0.4, -0.2) is 30.7 Å². The van der Waals surface area contributed by atoms with Crippen molar-refractivity contribution in [2.24, 2.45) is 16.3 Å². The van der Waals surface area contributed by atoms with Crippen LogP contribution in [0.25, 0.3) is 0 Å². The summed E-state index contributed by atoms with van der Waals surface area (Å²) in [6.45, 7) is 8.84. The largest absolute Gasteiger partial charge is 0.494 e. The van der Waals surface area contributed by atoms with Gasteiger partial charge in [0.2, 0.25) is 0 Å². The Balaban J connectivity index is 1.66. The Kier molecular flexibility index (Phi) is 7.01. The van der Waals surface area contributed by atoms with Gasteiger partial charge in [-0.2, -0.15) is 0 Å². The fourth-order valence-corrected chi connectivity index (χ4v) is 5.14. The molecule has 2 aliphatic rings. The monoisotopic (exact) mass is 459 g/mol. The number of Topliss-reactive ketones (excluding diaryl/α,β-unsaturated/α-hetero) is 1. The Morgan fingerprint density at radius 2 is 1.74 bits per heavy atom. The van der Waals surface area contributed by atoms with Gasteiger partial charge < -0.3 is 9.47 Å². The number of hydrogen-bond donors (Lipinski definition) is 0. The van der Waals surface area contributed by atoms with E-state index in [2.05, 4.69) is 13.8 Å². The number of benzene rings is 2. The second-order valence-corrected chi connectivity index (χ2v) is 9.92. The highest BCUT2D eigenvalue weighted by Gasteiger charge is 2.47. The average molecular weight is 460 g/mol. The van der Waals surface area contributed by atoms with Crippen LogP contribution < -0.4 is 4.74 Å². The predicted octanol–water partition coefficient (Wildman–Crippen LogP) is 5.69. The number of carbonyl (C=O) groups excluding carboxylic acids is 2. The number of nitrogens with zero attached hydrogens (tertiary/aromatic N) is 1. The summed E-state index contributed by atoms with van der Waals surface area (Å²) in [5, 5.41) is 0. The highest BCUT2D eigenvalue weighted by molar-refractivity contribution is 6.12. The summed E-state index contributed by atoms with van der Waals surface area (Å²) < 4.78 is 11.3. The molecule has 1 aliphatic heterocycles. The zero-order chi connectivity index (χ0) is 24.3. The van der Waals surface area contributed by atoms with Gasteiger partial charge in [0.15, 0.2) is 0 Å². The van der Waals surface area contributed by atoms with E-state index in [-0.39, 0.29) is 17.8 Å². The molecule has 0 spiro atoms. The third kappa shape index (κ3) is 5.14. The van der Waals surface area contributed by atoms with Gasteiger partial charge in [0.05, 0.1) is 24.7 Å². The number of esters is 1. The first-order chi connectivity index (χ1) is 16.3. The summed E-state index contributed by atoms with van der Waals surface area (Å²) in [6.07, 6.45) is 1.85. The number of fused-ring (bicyclic) bond motifs is 1. The highest BCUT2D eigenvalue weighted by Crippen LogP contribution is 2.47. The molecule has 34 heavy (non-hydrogen) atoms. The number of rotatable bonds is 7. The number of ketones is 1. The summed E-state index contributed by atoms with van der Waals surface area (Å²) in [5.41, 5.74) is 3.88. The second-order valence-electron chi connectivity index (χ2n) is 9.92. The molecule has 0 bridgehead atoms. The number of carbonyl (C=O) groups is 2. The van der Waals surface area contributed by atoms with Crippen LogP contribution in [0, 0.1) is 11.3 Å². The van der Waals surface area contributed by atoms with Crippen molar-refractivity contribution in [3.8, 4) is 5.75 Å². The Labute approximate surface area is 201 Å². The topological polar surface area (TPSA) is 65.0 Å². The van der Waals surface area contributed by atoms with Crippen LogP contribution in [0.1, 0.15) is 57.6 Å². The average Bonchev–Trinajstić information content (AvgIpc) is 2.78. The molecule has 1 aliphatic carbocycles. The molecule has 0 aromatic heterocycles. The minimum absolute atomic E-state index is 0.135. The van der Waals surface area contributed by atoms with Crippen LogP contribution >= 0.6 is 0 Å². The summed E-state index contributed by atoms with van der Waals surface area (Å²) in [5.74, 6) is -0.342. The molecule has 2 unspecified atom stereocenters. The van der Waals surface area contributed by atoms with Crippen LogP contribution in [0.5, 0.6) is 5.75 Å². The van der Waals surface area contributed by atoms with E-state index in [4.69, 9.17) is 14.5 Å². The van der Waals surface area contributed by atoms with Gasteiger partial charge in [-0.3, -0.25) is 9.79 Å². The molecule has 1 saturated carbocycles. The van der Waals surface area contributed by atoms with Crippen LogP contribution in [0.4, 0.5) is 0 Å². The molecular weight excluding hydrogens is 426 g/mol. The van der Waals surface area contributed by atoms with Crippen molar-refractivity contribution in [2.45, 2.75) is 52.9 Å². The van der Waals surface area contributed by atoms with Crippen molar-refractivity contribution in [1.82, 2.24) is 0 Å². The molecule has 0 radical (unpaired) electrons. The fourth-order valence-electron chi connectivity index (χ4n) is 5.14. The van der Waals surface area contributed by atoms with Gasteiger partial charge in [-0.1, -0.05) is 56.3 Å². The van der Waals surface area contributed by atoms with E-state index in [9.17, 15) is 9.59 Å².